The van der Waals surface area contributed by atoms with Crippen LogP contribution in [0.1, 0.15) is 25.3 Å². The first-order chi connectivity index (χ1) is 9.20. The molecule has 3 heteroatoms. The van der Waals surface area contributed by atoms with Gasteiger partial charge < -0.3 is 9.64 Å². The van der Waals surface area contributed by atoms with Crippen molar-refractivity contribution in [3.8, 4) is 0 Å². The molecule has 4 heterocycles. The molecule has 102 valence electrons. The molecule has 0 N–H and O–H groups in total. The summed E-state index contributed by atoms with van der Waals surface area (Å²) < 4.78 is 6.72. The van der Waals surface area contributed by atoms with Crippen molar-refractivity contribution in [3.05, 3.63) is 35.9 Å². The van der Waals surface area contributed by atoms with E-state index in [9.17, 15) is 0 Å². The minimum absolute atomic E-state index is 0.117. The molecular weight excluding hydrogens is 254 g/mol. The SMILES string of the molecule is CC1(c2ccccc2)OC2(CS1)CN1CCC2CC1. The molecule has 4 aliphatic heterocycles. The predicted molar refractivity (Wildman–Crippen MR) is 79.2 cm³/mol. The maximum Gasteiger partial charge on any atom is 0.137 e. The van der Waals surface area contributed by atoms with Gasteiger partial charge in [0.25, 0.3) is 0 Å². The van der Waals surface area contributed by atoms with Crippen LogP contribution in [0.4, 0.5) is 0 Å². The Balaban J connectivity index is 1.63. The third kappa shape index (κ3) is 1.86. The van der Waals surface area contributed by atoms with Crippen molar-refractivity contribution in [1.82, 2.24) is 4.90 Å². The van der Waals surface area contributed by atoms with Crippen LogP contribution >= 0.6 is 11.8 Å². The molecule has 2 nitrogen and oxygen atoms in total. The van der Waals surface area contributed by atoms with Crippen molar-refractivity contribution in [2.45, 2.75) is 30.3 Å². The second kappa shape index (κ2) is 4.24. The number of fused-ring (bicyclic) bond motifs is 2. The molecule has 0 amide bonds. The minimum atomic E-state index is -0.153. The Labute approximate surface area is 119 Å². The van der Waals surface area contributed by atoms with Gasteiger partial charge in [0, 0.05) is 12.3 Å². The Morgan fingerprint density at radius 2 is 1.95 bits per heavy atom. The lowest BCUT2D eigenvalue weighted by Crippen LogP contribution is -2.60. The molecule has 2 unspecified atom stereocenters. The number of piperidine rings is 3. The average Bonchev–Trinajstić information content (AvgIpc) is 2.80. The fraction of sp³-hybridized carbons (Fsp3) is 0.625. The topological polar surface area (TPSA) is 12.5 Å². The van der Waals surface area contributed by atoms with Gasteiger partial charge in [0.05, 0.1) is 5.60 Å². The highest BCUT2D eigenvalue weighted by Gasteiger charge is 2.56. The Morgan fingerprint density at radius 1 is 1.21 bits per heavy atom. The smallest absolute Gasteiger partial charge is 0.137 e. The van der Waals surface area contributed by atoms with E-state index in [1.54, 1.807) is 0 Å². The minimum Gasteiger partial charge on any atom is -0.351 e. The van der Waals surface area contributed by atoms with E-state index in [-0.39, 0.29) is 10.5 Å². The summed E-state index contributed by atoms with van der Waals surface area (Å²) in [6.07, 6.45) is 2.65. The molecule has 2 bridgehead atoms. The maximum absolute atomic E-state index is 6.72. The van der Waals surface area contributed by atoms with Gasteiger partial charge in [-0.2, -0.15) is 0 Å². The number of hydrogen-bond acceptors (Lipinski definition) is 3. The largest absolute Gasteiger partial charge is 0.351 e. The third-order valence-corrected chi connectivity index (χ3v) is 6.61. The first-order valence-corrected chi connectivity index (χ1v) is 8.31. The molecular formula is C16H21NOS. The van der Waals surface area contributed by atoms with E-state index >= 15 is 0 Å². The van der Waals surface area contributed by atoms with Gasteiger partial charge in [0.2, 0.25) is 0 Å². The normalized spacial score (nSPS) is 44.9. The molecule has 1 aromatic carbocycles. The van der Waals surface area contributed by atoms with Gasteiger partial charge in [-0.15, -0.1) is 11.8 Å². The highest BCUT2D eigenvalue weighted by molar-refractivity contribution is 8.00. The van der Waals surface area contributed by atoms with E-state index in [2.05, 4.69) is 42.2 Å². The predicted octanol–water partition coefficient (Wildman–Crippen LogP) is 3.09. The number of benzene rings is 1. The fourth-order valence-corrected chi connectivity index (χ4v) is 5.43. The summed E-state index contributed by atoms with van der Waals surface area (Å²) in [5, 5.41) is 0. The van der Waals surface area contributed by atoms with Crippen molar-refractivity contribution >= 4 is 11.8 Å². The zero-order chi connectivity index (χ0) is 12.9. The van der Waals surface area contributed by atoms with E-state index in [0.717, 1.165) is 18.2 Å². The van der Waals surface area contributed by atoms with E-state index < -0.39 is 0 Å². The number of rotatable bonds is 1. The molecule has 0 saturated carbocycles. The van der Waals surface area contributed by atoms with Crippen LogP contribution < -0.4 is 0 Å². The fourth-order valence-electron chi connectivity index (χ4n) is 3.99. The van der Waals surface area contributed by atoms with Crippen molar-refractivity contribution in [1.29, 1.82) is 0 Å². The van der Waals surface area contributed by atoms with E-state index in [4.69, 9.17) is 4.74 Å². The molecule has 2 atom stereocenters. The third-order valence-electron chi connectivity index (χ3n) is 5.11. The average molecular weight is 275 g/mol. The first-order valence-electron chi connectivity index (χ1n) is 7.32. The first kappa shape index (κ1) is 12.2. The number of thioether (sulfide) groups is 1. The highest BCUT2D eigenvalue weighted by Crippen LogP contribution is 2.54. The number of nitrogens with zero attached hydrogens (tertiary/aromatic N) is 1. The van der Waals surface area contributed by atoms with Gasteiger partial charge in [-0.05, 0) is 44.3 Å². The molecule has 0 aliphatic carbocycles. The lowest BCUT2D eigenvalue weighted by atomic mass is 9.76. The van der Waals surface area contributed by atoms with Crippen LogP contribution in [0.3, 0.4) is 0 Å². The zero-order valence-corrected chi connectivity index (χ0v) is 12.3. The molecule has 4 saturated heterocycles. The summed E-state index contributed by atoms with van der Waals surface area (Å²) in [4.78, 5) is 2.44. The lowest BCUT2D eigenvalue weighted by molar-refractivity contribution is -0.164. The van der Waals surface area contributed by atoms with Crippen LogP contribution in [0.25, 0.3) is 0 Å². The molecule has 4 aliphatic rings. The summed E-state index contributed by atoms with van der Waals surface area (Å²) in [5.41, 5.74) is 1.43. The van der Waals surface area contributed by atoms with Crippen molar-refractivity contribution < 1.29 is 4.74 Å². The zero-order valence-electron chi connectivity index (χ0n) is 11.5. The number of ether oxygens (including phenoxy) is 1. The monoisotopic (exact) mass is 275 g/mol. The van der Waals surface area contributed by atoms with Gasteiger partial charge in [0.15, 0.2) is 0 Å². The van der Waals surface area contributed by atoms with Gasteiger partial charge >= 0.3 is 0 Å². The van der Waals surface area contributed by atoms with Gasteiger partial charge in [-0.1, -0.05) is 30.3 Å². The molecule has 5 rings (SSSR count). The van der Waals surface area contributed by atoms with Crippen molar-refractivity contribution in [3.63, 3.8) is 0 Å². The molecule has 0 aromatic heterocycles. The van der Waals surface area contributed by atoms with Gasteiger partial charge in [-0.3, -0.25) is 0 Å². The summed E-state index contributed by atoms with van der Waals surface area (Å²) in [5.74, 6) is 1.93. The molecule has 0 radical (unpaired) electrons. The van der Waals surface area contributed by atoms with Gasteiger partial charge in [0.1, 0.15) is 4.93 Å². The lowest BCUT2D eigenvalue weighted by Gasteiger charge is -2.51. The Bertz CT molecular complexity index is 471. The quantitative estimate of drug-likeness (QED) is 0.781. The second-order valence-corrected chi connectivity index (χ2v) is 7.67. The van der Waals surface area contributed by atoms with Crippen LogP contribution in [0.2, 0.25) is 0 Å². The summed E-state index contributed by atoms with van der Waals surface area (Å²) in [7, 11) is 0. The second-order valence-electron chi connectivity index (χ2n) is 6.32. The molecule has 1 spiro atoms. The summed E-state index contributed by atoms with van der Waals surface area (Å²) in [6, 6.07) is 10.7. The van der Waals surface area contributed by atoms with Gasteiger partial charge in [-0.25, -0.2) is 0 Å². The molecule has 4 fully saturated rings. The van der Waals surface area contributed by atoms with E-state index in [1.165, 1.54) is 31.5 Å². The van der Waals surface area contributed by atoms with Crippen molar-refractivity contribution in [2.75, 3.05) is 25.4 Å². The van der Waals surface area contributed by atoms with Crippen LogP contribution in [-0.4, -0.2) is 35.9 Å². The Morgan fingerprint density at radius 3 is 2.58 bits per heavy atom. The van der Waals surface area contributed by atoms with Crippen LogP contribution in [0.5, 0.6) is 0 Å². The van der Waals surface area contributed by atoms with Crippen LogP contribution in [0, 0.1) is 5.92 Å². The van der Waals surface area contributed by atoms with E-state index in [1.807, 2.05) is 11.8 Å². The summed E-state index contributed by atoms with van der Waals surface area (Å²) in [6.45, 7) is 5.96. The van der Waals surface area contributed by atoms with Crippen LogP contribution in [0.15, 0.2) is 30.3 Å². The summed E-state index contributed by atoms with van der Waals surface area (Å²) >= 11 is 1.99. The highest BCUT2D eigenvalue weighted by atomic mass is 32.2. The standard InChI is InChI=1S/C16H21NOS/c1-15(13-5-3-2-4-6-13)18-16(12-19-15)11-17-9-7-14(16)8-10-17/h2-6,14H,7-12H2,1H3. The number of hydrogen-bond donors (Lipinski definition) is 0. The molecule has 19 heavy (non-hydrogen) atoms. The molecule has 1 aromatic rings. The Hall–Kier alpha value is -0.510. The Kier molecular flexibility index (Phi) is 2.73. The van der Waals surface area contributed by atoms with Crippen LogP contribution in [-0.2, 0) is 9.67 Å². The maximum atomic E-state index is 6.72. The van der Waals surface area contributed by atoms with Crippen molar-refractivity contribution in [2.24, 2.45) is 5.92 Å². The van der Waals surface area contributed by atoms with E-state index in [0.29, 0.717) is 0 Å².